The van der Waals surface area contributed by atoms with Gasteiger partial charge in [0, 0.05) is 0 Å². The second-order valence-corrected chi connectivity index (χ2v) is 3.14. The lowest BCUT2D eigenvalue weighted by molar-refractivity contribution is -0.118. The van der Waals surface area contributed by atoms with Gasteiger partial charge in [0.25, 0.3) is 0 Å². The molecule has 0 bridgehead atoms. The molecule has 0 saturated carbocycles. The van der Waals surface area contributed by atoms with Crippen LogP contribution in [0.1, 0.15) is 19.9 Å². The lowest BCUT2D eigenvalue weighted by Crippen LogP contribution is -2.34. The summed E-state index contributed by atoms with van der Waals surface area (Å²) in [4.78, 5) is 11.1. The van der Waals surface area contributed by atoms with E-state index in [0.29, 0.717) is 0 Å². The number of ketones is 1. The SMILES string of the molecule is C.CNC(Cc1ccccc1)C(C)=O. The summed E-state index contributed by atoms with van der Waals surface area (Å²) in [6.07, 6.45) is 0.771. The molecule has 1 unspecified atom stereocenters. The summed E-state index contributed by atoms with van der Waals surface area (Å²) in [5.74, 6) is 0.186. The van der Waals surface area contributed by atoms with E-state index in [1.54, 1.807) is 6.92 Å². The Morgan fingerprint density at radius 2 is 1.93 bits per heavy atom. The molecule has 1 N–H and O–H groups in total. The normalized spacial score (nSPS) is 11.6. The first-order chi connectivity index (χ1) is 6.24. The van der Waals surface area contributed by atoms with E-state index in [9.17, 15) is 4.79 Å². The molecule has 2 heteroatoms. The average molecular weight is 193 g/mol. The molecule has 0 fully saturated rings. The van der Waals surface area contributed by atoms with E-state index in [2.05, 4.69) is 5.32 Å². The summed E-state index contributed by atoms with van der Waals surface area (Å²) in [6.45, 7) is 1.62. The maximum Gasteiger partial charge on any atom is 0.147 e. The molecule has 14 heavy (non-hydrogen) atoms. The van der Waals surface area contributed by atoms with Crippen LogP contribution in [-0.4, -0.2) is 18.9 Å². The van der Waals surface area contributed by atoms with Crippen molar-refractivity contribution >= 4 is 5.78 Å². The molecule has 0 aliphatic heterocycles. The zero-order chi connectivity index (χ0) is 9.68. The van der Waals surface area contributed by atoms with Crippen molar-refractivity contribution in [1.82, 2.24) is 5.32 Å². The number of benzene rings is 1. The molecule has 0 aliphatic rings. The molecule has 0 saturated heterocycles. The third-order valence-electron chi connectivity index (χ3n) is 2.12. The first kappa shape index (κ1) is 12.8. The lowest BCUT2D eigenvalue weighted by Gasteiger charge is -2.11. The Morgan fingerprint density at radius 1 is 1.36 bits per heavy atom. The van der Waals surface area contributed by atoms with Gasteiger partial charge in [-0.2, -0.15) is 0 Å². The van der Waals surface area contributed by atoms with Gasteiger partial charge in [0.2, 0.25) is 0 Å². The molecule has 1 aromatic carbocycles. The minimum Gasteiger partial charge on any atom is -0.310 e. The number of carbonyl (C=O) groups excluding carboxylic acids is 1. The van der Waals surface area contributed by atoms with Gasteiger partial charge >= 0.3 is 0 Å². The summed E-state index contributed by atoms with van der Waals surface area (Å²) in [5, 5.41) is 3.00. The molecular formula is C12H19NO. The predicted molar refractivity (Wildman–Crippen MR) is 60.4 cm³/mol. The van der Waals surface area contributed by atoms with Gasteiger partial charge in [0.15, 0.2) is 0 Å². The fourth-order valence-electron chi connectivity index (χ4n) is 1.30. The van der Waals surface area contributed by atoms with Gasteiger partial charge in [-0.15, -0.1) is 0 Å². The van der Waals surface area contributed by atoms with Crippen molar-refractivity contribution in [2.45, 2.75) is 26.8 Å². The maximum atomic E-state index is 11.1. The van der Waals surface area contributed by atoms with E-state index in [4.69, 9.17) is 0 Å². The van der Waals surface area contributed by atoms with Gasteiger partial charge in [-0.3, -0.25) is 4.79 Å². The van der Waals surface area contributed by atoms with Gasteiger partial charge in [-0.1, -0.05) is 37.8 Å². The predicted octanol–water partition coefficient (Wildman–Crippen LogP) is 2.04. The summed E-state index contributed by atoms with van der Waals surface area (Å²) >= 11 is 0. The third kappa shape index (κ3) is 3.71. The fraction of sp³-hybridized carbons (Fsp3) is 0.417. The number of rotatable bonds is 4. The lowest BCUT2D eigenvalue weighted by atomic mass is 10.0. The standard InChI is InChI=1S/C11H15NO.CH4/c1-9(13)11(12-2)8-10-6-4-3-5-7-10;/h3-7,11-12H,8H2,1-2H3;1H4. The second kappa shape index (κ2) is 6.33. The Labute approximate surface area is 86.3 Å². The quantitative estimate of drug-likeness (QED) is 0.793. The van der Waals surface area contributed by atoms with Crippen LogP contribution in [0.2, 0.25) is 0 Å². The molecule has 0 aliphatic carbocycles. The van der Waals surface area contributed by atoms with Gasteiger partial charge in [-0.25, -0.2) is 0 Å². The van der Waals surface area contributed by atoms with Crippen LogP contribution in [0.15, 0.2) is 30.3 Å². The number of hydrogen-bond acceptors (Lipinski definition) is 2. The van der Waals surface area contributed by atoms with Crippen molar-refractivity contribution in [3.8, 4) is 0 Å². The van der Waals surface area contributed by atoms with Crippen molar-refractivity contribution in [3.05, 3.63) is 35.9 Å². The molecule has 1 atom stereocenters. The Kier molecular flexibility index (Phi) is 5.81. The van der Waals surface area contributed by atoms with E-state index in [1.165, 1.54) is 5.56 Å². The van der Waals surface area contributed by atoms with Crippen LogP contribution in [0.3, 0.4) is 0 Å². The number of nitrogens with one attached hydrogen (secondary N) is 1. The Balaban J connectivity index is 0.00000169. The van der Waals surface area contributed by atoms with Gasteiger partial charge in [-0.05, 0) is 26.0 Å². The zero-order valence-corrected chi connectivity index (χ0v) is 8.08. The molecule has 0 radical (unpaired) electrons. The van der Waals surface area contributed by atoms with Crippen molar-refractivity contribution in [3.63, 3.8) is 0 Å². The maximum absolute atomic E-state index is 11.1. The summed E-state index contributed by atoms with van der Waals surface area (Å²) in [5.41, 5.74) is 1.19. The third-order valence-corrected chi connectivity index (χ3v) is 2.12. The largest absolute Gasteiger partial charge is 0.310 e. The van der Waals surface area contributed by atoms with Gasteiger partial charge in [0.05, 0.1) is 6.04 Å². The molecule has 1 rings (SSSR count). The van der Waals surface area contributed by atoms with Crippen molar-refractivity contribution in [2.75, 3.05) is 7.05 Å². The highest BCUT2D eigenvalue weighted by atomic mass is 16.1. The van der Waals surface area contributed by atoms with E-state index < -0.39 is 0 Å². The van der Waals surface area contributed by atoms with E-state index in [1.807, 2.05) is 37.4 Å². The monoisotopic (exact) mass is 193 g/mol. The minimum absolute atomic E-state index is 0. The fourth-order valence-corrected chi connectivity index (χ4v) is 1.30. The smallest absolute Gasteiger partial charge is 0.147 e. The highest BCUT2D eigenvalue weighted by molar-refractivity contribution is 5.81. The molecule has 2 nitrogen and oxygen atoms in total. The number of Topliss-reactive ketones (excluding diaryl/α,β-unsaturated/α-hetero) is 1. The van der Waals surface area contributed by atoms with Crippen LogP contribution in [0, 0.1) is 0 Å². The van der Waals surface area contributed by atoms with Gasteiger partial charge < -0.3 is 5.32 Å². The molecular weight excluding hydrogens is 174 g/mol. The minimum atomic E-state index is -0.0533. The van der Waals surface area contributed by atoms with Gasteiger partial charge in [0.1, 0.15) is 5.78 Å². The zero-order valence-electron chi connectivity index (χ0n) is 8.08. The van der Waals surface area contributed by atoms with E-state index in [-0.39, 0.29) is 19.3 Å². The number of hydrogen-bond donors (Lipinski definition) is 1. The molecule has 78 valence electrons. The first-order valence-electron chi connectivity index (χ1n) is 4.45. The first-order valence-corrected chi connectivity index (χ1v) is 4.45. The molecule has 0 amide bonds. The van der Waals surface area contributed by atoms with Crippen LogP contribution >= 0.6 is 0 Å². The Bertz CT molecular complexity index is 269. The van der Waals surface area contributed by atoms with Crippen molar-refractivity contribution in [2.24, 2.45) is 0 Å². The van der Waals surface area contributed by atoms with Crippen LogP contribution in [0.4, 0.5) is 0 Å². The van der Waals surface area contributed by atoms with Crippen LogP contribution in [0.5, 0.6) is 0 Å². The molecule has 0 spiro atoms. The molecule has 1 aromatic rings. The summed E-state index contributed by atoms with van der Waals surface area (Å²) in [6, 6.07) is 9.97. The summed E-state index contributed by atoms with van der Waals surface area (Å²) < 4.78 is 0. The van der Waals surface area contributed by atoms with E-state index >= 15 is 0 Å². The summed E-state index contributed by atoms with van der Waals surface area (Å²) in [7, 11) is 1.81. The Morgan fingerprint density at radius 3 is 2.36 bits per heavy atom. The van der Waals surface area contributed by atoms with Crippen LogP contribution in [-0.2, 0) is 11.2 Å². The highest BCUT2D eigenvalue weighted by Gasteiger charge is 2.11. The number of carbonyl (C=O) groups is 1. The number of likely N-dealkylation sites (N-methyl/N-ethyl adjacent to an activating group) is 1. The van der Waals surface area contributed by atoms with Crippen molar-refractivity contribution < 1.29 is 4.79 Å². The molecule has 0 heterocycles. The van der Waals surface area contributed by atoms with Crippen molar-refractivity contribution in [1.29, 1.82) is 0 Å². The average Bonchev–Trinajstić information content (AvgIpc) is 2.15. The van der Waals surface area contributed by atoms with Crippen LogP contribution in [0.25, 0.3) is 0 Å². The van der Waals surface area contributed by atoms with E-state index in [0.717, 1.165) is 6.42 Å². The second-order valence-electron chi connectivity index (χ2n) is 3.14. The topological polar surface area (TPSA) is 29.1 Å². The van der Waals surface area contributed by atoms with Crippen LogP contribution < -0.4 is 5.32 Å². The Hall–Kier alpha value is -1.15. The molecule has 0 aromatic heterocycles. The highest BCUT2D eigenvalue weighted by Crippen LogP contribution is 2.03.